The van der Waals surface area contributed by atoms with Gasteiger partial charge in [0.25, 0.3) is 0 Å². The van der Waals surface area contributed by atoms with Gasteiger partial charge in [-0.05, 0) is 65.8 Å². The Kier molecular flexibility index (Phi) is 3.24. The van der Waals surface area contributed by atoms with Crippen molar-refractivity contribution in [2.24, 2.45) is 23.5 Å². The van der Waals surface area contributed by atoms with Gasteiger partial charge in [-0.3, -0.25) is 0 Å². The van der Waals surface area contributed by atoms with Crippen LogP contribution in [0.25, 0.3) is 0 Å². The van der Waals surface area contributed by atoms with E-state index in [-0.39, 0.29) is 0 Å². The minimum atomic E-state index is 0.463. The van der Waals surface area contributed by atoms with E-state index >= 15 is 0 Å². The Balaban J connectivity index is 1.50. The highest BCUT2D eigenvalue weighted by Crippen LogP contribution is 2.47. The summed E-state index contributed by atoms with van der Waals surface area (Å²) in [6, 6.07) is 0.463. The Morgan fingerprint density at radius 1 is 1.35 bits per heavy atom. The normalized spacial score (nSPS) is 35.6. The topological polar surface area (TPSA) is 38.0 Å². The molecule has 2 saturated carbocycles. The van der Waals surface area contributed by atoms with E-state index < -0.39 is 0 Å². The van der Waals surface area contributed by atoms with Gasteiger partial charge < -0.3 is 11.1 Å². The fraction of sp³-hybridized carbons (Fsp3) is 0.714. The van der Waals surface area contributed by atoms with E-state index in [1.165, 1.54) is 30.4 Å². The summed E-state index contributed by atoms with van der Waals surface area (Å²) in [5.41, 5.74) is 9.18. The lowest BCUT2D eigenvalue weighted by molar-refractivity contribution is 0.278. The molecule has 94 valence electrons. The van der Waals surface area contributed by atoms with Gasteiger partial charge in [0.15, 0.2) is 0 Å². The van der Waals surface area contributed by atoms with Gasteiger partial charge in [0, 0.05) is 19.1 Å². The Hall–Kier alpha value is -0.380. The predicted octanol–water partition coefficient (Wildman–Crippen LogP) is 2.52. The van der Waals surface area contributed by atoms with Crippen molar-refractivity contribution < 1.29 is 0 Å². The van der Waals surface area contributed by atoms with Crippen molar-refractivity contribution in [3.05, 3.63) is 21.9 Å². The second-order valence-corrected chi connectivity index (χ2v) is 6.53. The molecule has 0 aromatic carbocycles. The molecule has 3 N–H and O–H groups in total. The van der Waals surface area contributed by atoms with E-state index in [2.05, 4.69) is 23.0 Å². The summed E-state index contributed by atoms with van der Waals surface area (Å²) in [6.45, 7) is 4.31. The minimum absolute atomic E-state index is 0.463. The van der Waals surface area contributed by atoms with Gasteiger partial charge in [-0.1, -0.05) is 0 Å². The van der Waals surface area contributed by atoms with Gasteiger partial charge in [0.2, 0.25) is 0 Å². The number of fused-ring (bicyclic) bond motifs is 2. The molecule has 1 aromatic heterocycles. The van der Waals surface area contributed by atoms with Gasteiger partial charge in [-0.15, -0.1) is 0 Å². The van der Waals surface area contributed by atoms with Crippen molar-refractivity contribution in [2.45, 2.75) is 38.8 Å². The summed E-state index contributed by atoms with van der Waals surface area (Å²) in [5.74, 6) is 2.47. The number of hydrogen-bond donors (Lipinski definition) is 2. The van der Waals surface area contributed by atoms with Crippen molar-refractivity contribution in [2.75, 3.05) is 6.54 Å². The fourth-order valence-corrected chi connectivity index (χ4v) is 4.56. The molecule has 0 aliphatic heterocycles. The molecule has 4 unspecified atom stereocenters. The zero-order valence-electron chi connectivity index (χ0n) is 10.5. The summed E-state index contributed by atoms with van der Waals surface area (Å²) < 4.78 is 0. The minimum Gasteiger partial charge on any atom is -0.327 e. The molecule has 2 aliphatic carbocycles. The van der Waals surface area contributed by atoms with Gasteiger partial charge >= 0.3 is 0 Å². The summed E-state index contributed by atoms with van der Waals surface area (Å²) in [7, 11) is 0. The van der Waals surface area contributed by atoms with Crippen LogP contribution in [0.4, 0.5) is 0 Å². The van der Waals surface area contributed by atoms with Crippen molar-refractivity contribution in [3.63, 3.8) is 0 Å². The van der Waals surface area contributed by atoms with Gasteiger partial charge in [0.1, 0.15) is 0 Å². The van der Waals surface area contributed by atoms with E-state index in [1.807, 2.05) is 0 Å². The van der Waals surface area contributed by atoms with Gasteiger partial charge in [-0.25, -0.2) is 0 Å². The van der Waals surface area contributed by atoms with Crippen LogP contribution in [-0.2, 0) is 6.54 Å². The number of thiophene rings is 1. The third kappa shape index (κ3) is 2.16. The van der Waals surface area contributed by atoms with E-state index in [0.29, 0.717) is 6.04 Å². The van der Waals surface area contributed by atoms with Crippen molar-refractivity contribution >= 4 is 11.3 Å². The highest BCUT2D eigenvalue weighted by Gasteiger charge is 2.45. The molecule has 2 aliphatic rings. The van der Waals surface area contributed by atoms with E-state index in [1.54, 1.807) is 11.3 Å². The summed E-state index contributed by atoms with van der Waals surface area (Å²) in [6.07, 6.45) is 4.19. The summed E-state index contributed by atoms with van der Waals surface area (Å²) in [5, 5.41) is 8.09. The predicted molar refractivity (Wildman–Crippen MR) is 73.1 cm³/mol. The molecule has 17 heavy (non-hydrogen) atoms. The molecule has 0 saturated heterocycles. The molecule has 1 aromatic rings. The monoisotopic (exact) mass is 250 g/mol. The summed E-state index contributed by atoms with van der Waals surface area (Å²) >= 11 is 1.80. The molecular formula is C14H22N2S. The largest absolute Gasteiger partial charge is 0.327 e. The second kappa shape index (κ2) is 4.71. The third-order valence-corrected chi connectivity index (χ3v) is 5.73. The first kappa shape index (κ1) is 11.7. The van der Waals surface area contributed by atoms with Crippen LogP contribution in [0.15, 0.2) is 10.8 Å². The van der Waals surface area contributed by atoms with Crippen molar-refractivity contribution in [1.82, 2.24) is 5.32 Å². The van der Waals surface area contributed by atoms with Gasteiger partial charge in [0.05, 0.1) is 0 Å². The first-order valence-corrected chi connectivity index (χ1v) is 7.68. The lowest BCUT2D eigenvalue weighted by Gasteiger charge is -2.28. The average molecular weight is 250 g/mol. The van der Waals surface area contributed by atoms with Crippen molar-refractivity contribution in [1.29, 1.82) is 0 Å². The maximum absolute atomic E-state index is 6.32. The molecule has 3 rings (SSSR count). The van der Waals surface area contributed by atoms with E-state index in [0.717, 1.165) is 30.8 Å². The van der Waals surface area contributed by atoms with Crippen LogP contribution in [0.3, 0.4) is 0 Å². The molecule has 2 bridgehead atoms. The molecule has 4 atom stereocenters. The van der Waals surface area contributed by atoms with Crippen LogP contribution >= 0.6 is 11.3 Å². The molecule has 2 nitrogen and oxygen atoms in total. The van der Waals surface area contributed by atoms with Crippen LogP contribution in [0.5, 0.6) is 0 Å². The van der Waals surface area contributed by atoms with E-state index in [9.17, 15) is 0 Å². The smallest absolute Gasteiger partial charge is 0.0216 e. The van der Waals surface area contributed by atoms with E-state index in [4.69, 9.17) is 5.73 Å². The Bertz CT molecular complexity index is 385. The molecule has 0 amide bonds. The quantitative estimate of drug-likeness (QED) is 0.862. The molecule has 1 heterocycles. The highest BCUT2D eigenvalue weighted by atomic mass is 32.1. The number of hydrogen-bond acceptors (Lipinski definition) is 3. The van der Waals surface area contributed by atoms with Crippen molar-refractivity contribution in [3.8, 4) is 0 Å². The lowest BCUT2D eigenvalue weighted by Crippen LogP contribution is -2.41. The summed E-state index contributed by atoms with van der Waals surface area (Å²) in [4.78, 5) is 0. The number of nitrogens with two attached hydrogens (primary N) is 1. The lowest BCUT2D eigenvalue weighted by atomic mass is 9.85. The SMILES string of the molecule is Cc1cscc1CNCC1C2CCC(C2)C1N. The maximum atomic E-state index is 6.32. The average Bonchev–Trinajstić information content (AvgIpc) is 2.98. The van der Waals surface area contributed by atoms with Gasteiger partial charge in [-0.2, -0.15) is 11.3 Å². The van der Waals surface area contributed by atoms with Crippen LogP contribution in [0.1, 0.15) is 30.4 Å². The Morgan fingerprint density at radius 2 is 2.18 bits per heavy atom. The Morgan fingerprint density at radius 3 is 2.82 bits per heavy atom. The number of nitrogens with one attached hydrogen (secondary N) is 1. The third-order valence-electron chi connectivity index (χ3n) is 4.82. The molecule has 0 radical (unpaired) electrons. The molecule has 2 fully saturated rings. The molecule has 3 heteroatoms. The number of aryl methyl sites for hydroxylation is 1. The van der Waals surface area contributed by atoms with Crippen LogP contribution in [-0.4, -0.2) is 12.6 Å². The maximum Gasteiger partial charge on any atom is 0.0216 e. The fourth-order valence-electron chi connectivity index (χ4n) is 3.70. The van der Waals surface area contributed by atoms with Crippen LogP contribution in [0, 0.1) is 24.7 Å². The zero-order chi connectivity index (χ0) is 11.8. The van der Waals surface area contributed by atoms with Crippen LogP contribution < -0.4 is 11.1 Å². The second-order valence-electron chi connectivity index (χ2n) is 5.79. The standard InChI is InChI=1S/C14H22N2S/c1-9-7-17-8-12(9)5-16-6-13-10-2-3-11(4-10)14(13)15/h7-8,10-11,13-14,16H,2-6,15H2,1H3. The zero-order valence-corrected chi connectivity index (χ0v) is 11.3. The van der Waals surface area contributed by atoms with Crippen LogP contribution in [0.2, 0.25) is 0 Å². The molecular weight excluding hydrogens is 228 g/mol. The highest BCUT2D eigenvalue weighted by molar-refractivity contribution is 7.08. The first-order chi connectivity index (χ1) is 8.25. The first-order valence-electron chi connectivity index (χ1n) is 6.73. The number of rotatable bonds is 4. The molecule has 0 spiro atoms. The Labute approximate surface area is 108 Å².